The van der Waals surface area contributed by atoms with E-state index in [2.05, 4.69) is 42.2 Å². The number of rotatable bonds is 6. The van der Waals surface area contributed by atoms with Crippen molar-refractivity contribution in [2.45, 2.75) is 58.3 Å². The van der Waals surface area contributed by atoms with Gasteiger partial charge in [0.2, 0.25) is 0 Å². The smallest absolute Gasteiger partial charge is 0.101 e. The molecule has 0 aliphatic heterocycles. The Balaban J connectivity index is 1.50. The largest absolute Gasteiger partial charge is 0.255 e. The summed E-state index contributed by atoms with van der Waals surface area (Å²) in [5.74, 6) is 1.92. The number of aromatic nitrogens is 1. The van der Waals surface area contributed by atoms with Crippen LogP contribution < -0.4 is 0 Å². The molecule has 1 aliphatic rings. The summed E-state index contributed by atoms with van der Waals surface area (Å²) in [4.78, 5) is 4.37. The Labute approximate surface area is 151 Å². The molecule has 1 aromatic heterocycles. The van der Waals surface area contributed by atoms with Crippen molar-refractivity contribution < 1.29 is 0 Å². The topological polar surface area (TPSA) is 36.7 Å². The van der Waals surface area contributed by atoms with E-state index in [0.29, 0.717) is 5.56 Å². The minimum absolute atomic E-state index is 0.606. The van der Waals surface area contributed by atoms with Crippen molar-refractivity contribution in [3.05, 3.63) is 53.7 Å². The molecule has 1 saturated carbocycles. The van der Waals surface area contributed by atoms with Gasteiger partial charge in [0, 0.05) is 11.8 Å². The van der Waals surface area contributed by atoms with E-state index >= 15 is 0 Å². The lowest BCUT2D eigenvalue weighted by Gasteiger charge is -2.28. The van der Waals surface area contributed by atoms with Crippen molar-refractivity contribution in [3.8, 4) is 17.3 Å². The minimum Gasteiger partial charge on any atom is -0.255 e. The lowest BCUT2D eigenvalue weighted by atomic mass is 9.78. The maximum Gasteiger partial charge on any atom is 0.101 e. The molecule has 25 heavy (non-hydrogen) atoms. The van der Waals surface area contributed by atoms with E-state index in [1.54, 1.807) is 6.20 Å². The molecule has 0 amide bonds. The second-order valence-electron chi connectivity index (χ2n) is 7.45. The molecule has 1 aromatic carbocycles. The van der Waals surface area contributed by atoms with Gasteiger partial charge in [-0.15, -0.1) is 0 Å². The highest BCUT2D eigenvalue weighted by atomic mass is 14.7. The van der Waals surface area contributed by atoms with Gasteiger partial charge in [0.25, 0.3) is 0 Å². The first-order valence-electron chi connectivity index (χ1n) is 9.74. The molecule has 0 saturated heterocycles. The van der Waals surface area contributed by atoms with Crippen molar-refractivity contribution in [1.29, 1.82) is 5.26 Å². The van der Waals surface area contributed by atoms with E-state index in [0.717, 1.165) is 23.1 Å². The zero-order valence-electron chi connectivity index (χ0n) is 15.2. The van der Waals surface area contributed by atoms with Crippen molar-refractivity contribution in [1.82, 2.24) is 4.98 Å². The van der Waals surface area contributed by atoms with Crippen LogP contribution in [0.5, 0.6) is 0 Å². The average molecular weight is 332 g/mol. The van der Waals surface area contributed by atoms with Crippen LogP contribution in [0.3, 0.4) is 0 Å². The second kappa shape index (κ2) is 8.81. The first-order valence-corrected chi connectivity index (χ1v) is 9.74. The number of pyridine rings is 1. The van der Waals surface area contributed by atoms with Crippen LogP contribution in [-0.4, -0.2) is 4.98 Å². The summed E-state index contributed by atoms with van der Waals surface area (Å²) in [5.41, 5.74) is 4.08. The third kappa shape index (κ3) is 4.92. The molecule has 0 radical (unpaired) electrons. The lowest BCUT2D eigenvalue weighted by Crippen LogP contribution is -2.15. The Bertz CT molecular complexity index is 686. The van der Waals surface area contributed by atoms with Crippen molar-refractivity contribution in [3.63, 3.8) is 0 Å². The Morgan fingerprint density at radius 1 is 0.960 bits per heavy atom. The summed E-state index contributed by atoms with van der Waals surface area (Å²) in [6.45, 7) is 2.31. The molecular formula is C23H28N2. The van der Waals surface area contributed by atoms with Gasteiger partial charge in [0.1, 0.15) is 6.07 Å². The molecule has 1 fully saturated rings. The van der Waals surface area contributed by atoms with Crippen LogP contribution in [0.15, 0.2) is 42.6 Å². The SMILES string of the molecule is CCCC1CCC(CCc2ccc(-c3ccc(C#N)cn3)cc2)CC1. The number of nitriles is 1. The highest BCUT2D eigenvalue weighted by Gasteiger charge is 2.20. The van der Waals surface area contributed by atoms with Crippen LogP contribution in [0.1, 0.15) is 63.0 Å². The molecule has 1 aliphatic carbocycles. The normalized spacial score (nSPS) is 20.2. The fourth-order valence-corrected chi connectivity index (χ4v) is 4.06. The Kier molecular flexibility index (Phi) is 6.23. The minimum atomic E-state index is 0.606. The summed E-state index contributed by atoms with van der Waals surface area (Å²) < 4.78 is 0. The van der Waals surface area contributed by atoms with E-state index in [-0.39, 0.29) is 0 Å². The van der Waals surface area contributed by atoms with Crippen molar-refractivity contribution >= 4 is 0 Å². The summed E-state index contributed by atoms with van der Waals surface area (Å²) in [5, 5.41) is 8.85. The molecule has 2 aromatic rings. The average Bonchev–Trinajstić information content (AvgIpc) is 2.68. The van der Waals surface area contributed by atoms with Crippen LogP contribution in [-0.2, 0) is 6.42 Å². The number of benzene rings is 1. The molecule has 1 heterocycles. The van der Waals surface area contributed by atoms with Gasteiger partial charge in [-0.3, -0.25) is 4.98 Å². The van der Waals surface area contributed by atoms with Gasteiger partial charge in [-0.1, -0.05) is 69.7 Å². The van der Waals surface area contributed by atoms with Gasteiger partial charge >= 0.3 is 0 Å². The zero-order chi connectivity index (χ0) is 17.5. The van der Waals surface area contributed by atoms with Gasteiger partial charge in [0.15, 0.2) is 0 Å². The molecule has 2 nitrogen and oxygen atoms in total. The van der Waals surface area contributed by atoms with E-state index in [1.807, 2.05) is 12.1 Å². The molecule has 0 N–H and O–H groups in total. The first kappa shape index (κ1) is 17.7. The number of nitrogens with zero attached hydrogens (tertiary/aromatic N) is 2. The van der Waals surface area contributed by atoms with E-state index in [4.69, 9.17) is 5.26 Å². The zero-order valence-corrected chi connectivity index (χ0v) is 15.2. The maximum atomic E-state index is 8.85. The number of hydrogen-bond acceptors (Lipinski definition) is 2. The highest BCUT2D eigenvalue weighted by Crippen LogP contribution is 2.33. The molecule has 3 rings (SSSR count). The standard InChI is InChI=1S/C23H28N2/c1-2-3-18-4-6-19(7-5-18)8-9-20-10-13-22(14-11-20)23-15-12-21(16-24)17-25-23/h10-15,17-19H,2-9H2,1H3. The summed E-state index contributed by atoms with van der Waals surface area (Å²) >= 11 is 0. The Hall–Kier alpha value is -2.14. The van der Waals surface area contributed by atoms with E-state index < -0.39 is 0 Å². The predicted molar refractivity (Wildman–Crippen MR) is 103 cm³/mol. The fraction of sp³-hybridized carbons (Fsp3) is 0.478. The molecule has 2 heteroatoms. The maximum absolute atomic E-state index is 8.85. The van der Waals surface area contributed by atoms with Crippen LogP contribution in [0.4, 0.5) is 0 Å². The summed E-state index contributed by atoms with van der Waals surface area (Å²) in [6.07, 6.45) is 12.7. The van der Waals surface area contributed by atoms with Crippen LogP contribution in [0.25, 0.3) is 11.3 Å². The van der Waals surface area contributed by atoms with Gasteiger partial charge in [-0.25, -0.2) is 0 Å². The Morgan fingerprint density at radius 3 is 2.20 bits per heavy atom. The second-order valence-corrected chi connectivity index (χ2v) is 7.45. The molecular weight excluding hydrogens is 304 g/mol. The van der Waals surface area contributed by atoms with Crippen molar-refractivity contribution in [2.75, 3.05) is 0 Å². The monoisotopic (exact) mass is 332 g/mol. The molecule has 0 unspecified atom stereocenters. The number of aryl methyl sites for hydroxylation is 1. The summed E-state index contributed by atoms with van der Waals surface area (Å²) in [7, 11) is 0. The number of hydrogen-bond donors (Lipinski definition) is 0. The Morgan fingerprint density at radius 2 is 1.64 bits per heavy atom. The van der Waals surface area contributed by atoms with E-state index in [1.165, 1.54) is 56.9 Å². The molecule has 0 atom stereocenters. The van der Waals surface area contributed by atoms with Gasteiger partial charge in [0.05, 0.1) is 11.3 Å². The predicted octanol–water partition coefficient (Wildman–Crippen LogP) is 6.16. The quantitative estimate of drug-likeness (QED) is 0.635. The molecule has 0 spiro atoms. The van der Waals surface area contributed by atoms with Crippen molar-refractivity contribution in [2.24, 2.45) is 11.8 Å². The highest BCUT2D eigenvalue weighted by molar-refractivity contribution is 5.59. The van der Waals surface area contributed by atoms with Gasteiger partial charge in [-0.2, -0.15) is 5.26 Å². The summed E-state index contributed by atoms with van der Waals surface area (Å²) in [6, 6.07) is 14.6. The fourth-order valence-electron chi connectivity index (χ4n) is 4.06. The van der Waals surface area contributed by atoms with E-state index in [9.17, 15) is 0 Å². The van der Waals surface area contributed by atoms with Crippen LogP contribution >= 0.6 is 0 Å². The molecule has 0 bridgehead atoms. The third-order valence-electron chi connectivity index (χ3n) is 5.65. The van der Waals surface area contributed by atoms with Gasteiger partial charge < -0.3 is 0 Å². The van der Waals surface area contributed by atoms with Crippen LogP contribution in [0, 0.1) is 23.2 Å². The van der Waals surface area contributed by atoms with Gasteiger partial charge in [-0.05, 0) is 42.4 Å². The van der Waals surface area contributed by atoms with Crippen LogP contribution in [0.2, 0.25) is 0 Å². The third-order valence-corrected chi connectivity index (χ3v) is 5.65. The lowest BCUT2D eigenvalue weighted by molar-refractivity contribution is 0.252. The first-order chi connectivity index (χ1) is 12.3. The molecule has 130 valence electrons.